The van der Waals surface area contributed by atoms with Gasteiger partial charge in [-0.3, -0.25) is 0 Å². The van der Waals surface area contributed by atoms with Crippen LogP contribution < -0.4 is 5.46 Å². The molecule has 1 N–H and O–H groups in total. The summed E-state index contributed by atoms with van der Waals surface area (Å²) in [5.74, 6) is -0.373. The van der Waals surface area contributed by atoms with Crippen LogP contribution in [0.15, 0.2) is 24.3 Å². The average molecular weight is 317 g/mol. The number of carbonyl (C=O) groups is 1. The Bertz CT molecular complexity index is 706. The molecule has 0 aliphatic rings. The van der Waals surface area contributed by atoms with E-state index in [0.717, 1.165) is 16.4 Å². The second-order valence-corrected chi connectivity index (χ2v) is 6.61. The van der Waals surface area contributed by atoms with Gasteiger partial charge in [0.05, 0.1) is 18.3 Å². The number of hydrogen-bond donors (Lipinski definition) is 1. The molecule has 0 bridgehead atoms. The molecule has 6 heteroatoms. The van der Waals surface area contributed by atoms with Gasteiger partial charge >= 0.3 is 13.5 Å². The summed E-state index contributed by atoms with van der Waals surface area (Å²) in [6.45, 7) is 8.03. The van der Waals surface area contributed by atoms with Gasteiger partial charge in [-0.1, -0.05) is 17.6 Å². The van der Waals surface area contributed by atoms with E-state index in [-0.39, 0.29) is 5.97 Å². The standard InChI is InChI=1S/C17H24BNO4/c1-16(2,22-6)17(3,4)23-18-12-8-7-11-9-14(15(20)21-5)19-13(11)10-12/h7-10,18-19H,1-6H3. The molecule has 0 spiro atoms. The lowest BCUT2D eigenvalue weighted by atomic mass is 9.82. The molecule has 0 unspecified atom stereocenters. The number of fused-ring (bicyclic) bond motifs is 1. The minimum Gasteiger partial charge on any atom is -0.464 e. The zero-order chi connectivity index (χ0) is 17.3. The minimum absolute atomic E-state index is 0.373. The van der Waals surface area contributed by atoms with Crippen LogP contribution in [0.2, 0.25) is 0 Å². The van der Waals surface area contributed by atoms with Crippen LogP contribution >= 0.6 is 0 Å². The van der Waals surface area contributed by atoms with Gasteiger partial charge in [-0.05, 0) is 39.8 Å². The lowest BCUT2D eigenvalue weighted by Crippen LogP contribution is -2.50. The number of methoxy groups -OCH3 is 2. The summed E-state index contributed by atoms with van der Waals surface area (Å²) in [6.07, 6.45) is 0. The number of rotatable bonds is 6. The number of aromatic amines is 1. The first kappa shape index (κ1) is 17.6. The highest BCUT2D eigenvalue weighted by Gasteiger charge is 2.37. The molecule has 0 fully saturated rings. The summed E-state index contributed by atoms with van der Waals surface area (Å²) < 4.78 is 16.3. The Kier molecular flexibility index (Phi) is 4.87. The number of ether oxygens (including phenoxy) is 2. The molecule has 1 aromatic heterocycles. The molecule has 124 valence electrons. The third-order valence-corrected chi connectivity index (χ3v) is 4.65. The molecule has 0 atom stereocenters. The maximum atomic E-state index is 11.6. The highest BCUT2D eigenvalue weighted by molar-refractivity contribution is 6.47. The van der Waals surface area contributed by atoms with Crippen molar-refractivity contribution in [1.82, 2.24) is 4.98 Å². The van der Waals surface area contributed by atoms with E-state index in [1.165, 1.54) is 7.11 Å². The zero-order valence-corrected chi connectivity index (χ0v) is 14.6. The smallest absolute Gasteiger partial charge is 0.354 e. The normalized spacial score (nSPS) is 12.4. The number of hydrogen-bond acceptors (Lipinski definition) is 4. The summed E-state index contributed by atoms with van der Waals surface area (Å²) in [4.78, 5) is 14.6. The monoisotopic (exact) mass is 317 g/mol. The van der Waals surface area contributed by atoms with Gasteiger partial charge < -0.3 is 19.1 Å². The van der Waals surface area contributed by atoms with Gasteiger partial charge in [0, 0.05) is 18.0 Å². The topological polar surface area (TPSA) is 60.6 Å². The number of H-pyrrole nitrogens is 1. The Labute approximate surface area is 137 Å². The largest absolute Gasteiger partial charge is 0.464 e. The van der Waals surface area contributed by atoms with Crippen molar-refractivity contribution in [3.63, 3.8) is 0 Å². The van der Waals surface area contributed by atoms with Crippen LogP contribution in [0.1, 0.15) is 38.2 Å². The molecule has 0 saturated heterocycles. The minimum atomic E-state index is -0.441. The van der Waals surface area contributed by atoms with Gasteiger partial charge in [0.25, 0.3) is 0 Å². The van der Waals surface area contributed by atoms with Crippen LogP contribution in [0.3, 0.4) is 0 Å². The molecule has 2 aromatic rings. The Balaban J connectivity index is 2.17. The van der Waals surface area contributed by atoms with Gasteiger partial charge in [0.1, 0.15) is 5.69 Å². The van der Waals surface area contributed by atoms with Crippen molar-refractivity contribution in [2.45, 2.75) is 38.9 Å². The van der Waals surface area contributed by atoms with E-state index >= 15 is 0 Å². The van der Waals surface area contributed by atoms with Gasteiger partial charge in [-0.2, -0.15) is 0 Å². The molecule has 23 heavy (non-hydrogen) atoms. The number of esters is 1. The quantitative estimate of drug-likeness (QED) is 0.655. The van der Waals surface area contributed by atoms with Crippen LogP contribution in [0.4, 0.5) is 0 Å². The first-order valence-corrected chi connectivity index (χ1v) is 7.59. The number of aromatic nitrogens is 1. The molecule has 0 saturated carbocycles. The van der Waals surface area contributed by atoms with Gasteiger partial charge in [-0.15, -0.1) is 0 Å². The number of carbonyl (C=O) groups excluding carboxylic acids is 1. The first-order chi connectivity index (χ1) is 10.7. The lowest BCUT2D eigenvalue weighted by molar-refractivity contribution is -0.114. The Morgan fingerprint density at radius 2 is 1.78 bits per heavy atom. The van der Waals surface area contributed by atoms with Crippen LogP contribution in [0.25, 0.3) is 10.9 Å². The van der Waals surface area contributed by atoms with Crippen LogP contribution in [0.5, 0.6) is 0 Å². The second kappa shape index (κ2) is 6.38. The Morgan fingerprint density at radius 1 is 1.09 bits per heavy atom. The van der Waals surface area contributed by atoms with E-state index in [9.17, 15) is 4.79 Å². The summed E-state index contributed by atoms with van der Waals surface area (Å²) in [5, 5.41) is 0.964. The molecule has 2 rings (SSSR count). The van der Waals surface area contributed by atoms with E-state index in [1.54, 1.807) is 13.2 Å². The fourth-order valence-corrected chi connectivity index (χ4v) is 2.17. The Hall–Kier alpha value is -1.79. The highest BCUT2D eigenvalue weighted by Crippen LogP contribution is 2.27. The molecular formula is C17H24BNO4. The zero-order valence-electron chi connectivity index (χ0n) is 14.6. The molecular weight excluding hydrogens is 293 g/mol. The van der Waals surface area contributed by atoms with Gasteiger partial charge in [-0.25, -0.2) is 4.79 Å². The molecule has 5 nitrogen and oxygen atoms in total. The van der Waals surface area contributed by atoms with E-state index < -0.39 is 11.2 Å². The first-order valence-electron chi connectivity index (χ1n) is 7.59. The van der Waals surface area contributed by atoms with E-state index in [0.29, 0.717) is 13.2 Å². The van der Waals surface area contributed by atoms with E-state index in [2.05, 4.69) is 4.98 Å². The summed E-state index contributed by atoms with van der Waals surface area (Å²) >= 11 is 0. The molecule has 0 radical (unpaired) electrons. The van der Waals surface area contributed by atoms with E-state index in [1.807, 2.05) is 45.9 Å². The second-order valence-electron chi connectivity index (χ2n) is 6.61. The maximum Gasteiger partial charge on any atom is 0.354 e. The van der Waals surface area contributed by atoms with Gasteiger partial charge in [0.15, 0.2) is 0 Å². The lowest BCUT2D eigenvalue weighted by Gasteiger charge is -2.40. The predicted molar refractivity (Wildman–Crippen MR) is 92.7 cm³/mol. The fourth-order valence-electron chi connectivity index (χ4n) is 2.17. The molecule has 0 amide bonds. The SMILES string of the molecule is COC(=O)c1cc2ccc(BOC(C)(C)C(C)(C)OC)cc2[nH]1. The van der Waals surface area contributed by atoms with Crippen LogP contribution in [0, 0.1) is 0 Å². The number of benzene rings is 1. The Morgan fingerprint density at radius 3 is 2.39 bits per heavy atom. The van der Waals surface area contributed by atoms with Crippen molar-refractivity contribution in [1.29, 1.82) is 0 Å². The summed E-state index contributed by atoms with van der Waals surface area (Å²) in [6, 6.07) is 7.72. The van der Waals surface area contributed by atoms with Crippen molar-refractivity contribution < 1.29 is 18.9 Å². The fraction of sp³-hybridized carbons (Fsp3) is 0.471. The number of nitrogens with one attached hydrogen (secondary N) is 1. The summed E-state index contributed by atoms with van der Waals surface area (Å²) in [5.41, 5.74) is 1.51. The third kappa shape index (κ3) is 3.59. The molecule has 0 aliphatic heterocycles. The maximum absolute atomic E-state index is 11.6. The van der Waals surface area contributed by atoms with Crippen molar-refractivity contribution in [3.8, 4) is 0 Å². The van der Waals surface area contributed by atoms with Crippen molar-refractivity contribution in [3.05, 3.63) is 30.0 Å². The van der Waals surface area contributed by atoms with Crippen molar-refractivity contribution >= 4 is 29.8 Å². The van der Waals surface area contributed by atoms with Crippen LogP contribution in [-0.4, -0.2) is 43.9 Å². The average Bonchev–Trinajstić information content (AvgIpc) is 2.95. The van der Waals surface area contributed by atoms with Crippen molar-refractivity contribution in [2.24, 2.45) is 0 Å². The third-order valence-electron chi connectivity index (χ3n) is 4.65. The summed E-state index contributed by atoms with van der Waals surface area (Å²) in [7, 11) is 3.51. The predicted octanol–water partition coefficient (Wildman–Crippen LogP) is 2.15. The van der Waals surface area contributed by atoms with Gasteiger partial charge in [0.2, 0.25) is 0 Å². The molecule has 1 aromatic carbocycles. The van der Waals surface area contributed by atoms with Crippen molar-refractivity contribution in [2.75, 3.05) is 14.2 Å². The molecule has 1 heterocycles. The van der Waals surface area contributed by atoms with E-state index in [4.69, 9.17) is 14.1 Å². The van der Waals surface area contributed by atoms with Crippen LogP contribution in [-0.2, 0) is 14.1 Å². The highest BCUT2D eigenvalue weighted by atomic mass is 16.5. The molecule has 0 aliphatic carbocycles.